The van der Waals surface area contributed by atoms with E-state index in [0.29, 0.717) is 11.7 Å². The Kier molecular flexibility index (Phi) is 3.83. The summed E-state index contributed by atoms with van der Waals surface area (Å²) in [6.07, 6.45) is 2.57. The van der Waals surface area contributed by atoms with Crippen LogP contribution < -0.4 is 5.32 Å². The minimum atomic E-state index is -0.484. The average molecular weight is 182 g/mol. The first-order chi connectivity index (χ1) is 6.26. The van der Waals surface area contributed by atoms with Crippen molar-refractivity contribution in [2.24, 2.45) is 0 Å². The Bertz CT molecular complexity index is 263. The summed E-state index contributed by atoms with van der Waals surface area (Å²) in [7, 11) is 1.92. The Labute approximate surface area is 78.2 Å². The van der Waals surface area contributed by atoms with Crippen molar-refractivity contribution in [1.29, 1.82) is 0 Å². The number of pyridine rings is 1. The smallest absolute Gasteiger partial charge is 0.131 e. The Morgan fingerprint density at radius 3 is 3.00 bits per heavy atom. The van der Waals surface area contributed by atoms with E-state index >= 15 is 0 Å². The van der Waals surface area contributed by atoms with Crippen LogP contribution in [0.2, 0.25) is 0 Å². The zero-order chi connectivity index (χ0) is 9.68. The molecule has 0 saturated carbocycles. The highest BCUT2D eigenvalue weighted by Gasteiger charge is 2.01. The first-order valence-electron chi connectivity index (χ1n) is 4.43. The highest BCUT2D eigenvalue weighted by atomic mass is 19.1. The van der Waals surface area contributed by atoms with E-state index in [0.717, 1.165) is 12.0 Å². The van der Waals surface area contributed by atoms with Crippen LogP contribution in [0.1, 0.15) is 18.2 Å². The van der Waals surface area contributed by atoms with Gasteiger partial charge in [-0.15, -0.1) is 0 Å². The molecule has 1 aromatic heterocycles. The molecule has 1 aromatic rings. The summed E-state index contributed by atoms with van der Waals surface area (Å²) in [5.41, 5.74) is 1.64. The normalized spacial score (nSPS) is 12.8. The van der Waals surface area contributed by atoms with Crippen LogP contribution >= 0.6 is 0 Å². The molecule has 1 atom stereocenters. The standard InChI is InChI=1S/C10H15FN2/c1-8(12-2)5-9-3-4-13-10(6-9)7-11/h3-4,6,8,12H,5,7H2,1-2H3. The van der Waals surface area contributed by atoms with Gasteiger partial charge < -0.3 is 5.32 Å². The fourth-order valence-corrected chi connectivity index (χ4v) is 1.18. The van der Waals surface area contributed by atoms with Gasteiger partial charge in [0.2, 0.25) is 0 Å². The molecule has 1 heterocycles. The second-order valence-electron chi connectivity index (χ2n) is 3.18. The molecule has 2 nitrogen and oxygen atoms in total. The van der Waals surface area contributed by atoms with Gasteiger partial charge in [-0.3, -0.25) is 4.98 Å². The zero-order valence-corrected chi connectivity index (χ0v) is 8.05. The van der Waals surface area contributed by atoms with Crippen molar-refractivity contribution >= 4 is 0 Å². The third-order valence-corrected chi connectivity index (χ3v) is 2.05. The van der Waals surface area contributed by atoms with Crippen molar-refractivity contribution < 1.29 is 4.39 Å². The summed E-state index contributed by atoms with van der Waals surface area (Å²) in [6, 6.07) is 4.15. The molecule has 0 saturated heterocycles. The minimum Gasteiger partial charge on any atom is -0.317 e. The van der Waals surface area contributed by atoms with Crippen LogP contribution in [0.5, 0.6) is 0 Å². The van der Waals surface area contributed by atoms with E-state index in [1.807, 2.05) is 19.2 Å². The molecule has 13 heavy (non-hydrogen) atoms. The van der Waals surface area contributed by atoms with Gasteiger partial charge in [0.05, 0.1) is 5.69 Å². The molecule has 3 heteroatoms. The van der Waals surface area contributed by atoms with Crippen LogP contribution in [0.4, 0.5) is 4.39 Å². The van der Waals surface area contributed by atoms with Crippen molar-refractivity contribution in [3.63, 3.8) is 0 Å². The number of alkyl halides is 1. The van der Waals surface area contributed by atoms with Gasteiger partial charge in [0.25, 0.3) is 0 Å². The summed E-state index contributed by atoms with van der Waals surface area (Å²) in [5, 5.41) is 3.14. The number of nitrogens with zero attached hydrogens (tertiary/aromatic N) is 1. The number of rotatable bonds is 4. The van der Waals surface area contributed by atoms with Gasteiger partial charge in [0.1, 0.15) is 6.67 Å². The number of halogens is 1. The van der Waals surface area contributed by atoms with E-state index in [4.69, 9.17) is 0 Å². The number of likely N-dealkylation sites (N-methyl/N-ethyl adjacent to an activating group) is 1. The number of hydrogen-bond donors (Lipinski definition) is 1. The van der Waals surface area contributed by atoms with Crippen LogP contribution in [-0.4, -0.2) is 18.1 Å². The summed E-state index contributed by atoms with van der Waals surface area (Å²) in [5.74, 6) is 0. The second-order valence-corrected chi connectivity index (χ2v) is 3.18. The lowest BCUT2D eigenvalue weighted by atomic mass is 10.1. The third-order valence-electron chi connectivity index (χ3n) is 2.05. The van der Waals surface area contributed by atoms with E-state index in [1.54, 1.807) is 6.20 Å². The van der Waals surface area contributed by atoms with Gasteiger partial charge in [0, 0.05) is 12.2 Å². The molecule has 0 fully saturated rings. The lowest BCUT2D eigenvalue weighted by Gasteiger charge is -2.09. The molecular formula is C10H15FN2. The van der Waals surface area contributed by atoms with E-state index in [9.17, 15) is 4.39 Å². The first-order valence-corrected chi connectivity index (χ1v) is 4.43. The maximum absolute atomic E-state index is 12.2. The second kappa shape index (κ2) is 4.92. The molecule has 0 bridgehead atoms. The van der Waals surface area contributed by atoms with Crippen molar-refractivity contribution in [2.45, 2.75) is 26.1 Å². The van der Waals surface area contributed by atoms with Crippen LogP contribution in [0, 0.1) is 0 Å². The molecule has 0 aromatic carbocycles. The van der Waals surface area contributed by atoms with E-state index < -0.39 is 6.67 Å². The lowest BCUT2D eigenvalue weighted by Crippen LogP contribution is -2.23. The SMILES string of the molecule is CNC(C)Cc1ccnc(CF)c1. The summed E-state index contributed by atoms with van der Waals surface area (Å²) in [6.45, 7) is 1.61. The molecule has 72 valence electrons. The van der Waals surface area contributed by atoms with Gasteiger partial charge in [-0.25, -0.2) is 4.39 Å². The Morgan fingerprint density at radius 1 is 1.62 bits per heavy atom. The summed E-state index contributed by atoms with van der Waals surface area (Å²) >= 11 is 0. The molecule has 0 aliphatic carbocycles. The highest BCUT2D eigenvalue weighted by molar-refractivity contribution is 5.16. The number of aromatic nitrogens is 1. The largest absolute Gasteiger partial charge is 0.317 e. The van der Waals surface area contributed by atoms with Crippen molar-refractivity contribution in [2.75, 3.05) is 7.05 Å². The predicted octanol–water partition coefficient (Wildman–Crippen LogP) is 1.70. The van der Waals surface area contributed by atoms with Crippen LogP contribution in [0.3, 0.4) is 0 Å². The average Bonchev–Trinajstić information content (AvgIpc) is 2.18. The van der Waals surface area contributed by atoms with E-state index in [2.05, 4.69) is 17.2 Å². The van der Waals surface area contributed by atoms with Crippen molar-refractivity contribution in [3.05, 3.63) is 29.6 Å². The molecule has 0 aliphatic rings. The van der Waals surface area contributed by atoms with Crippen LogP contribution in [0.15, 0.2) is 18.3 Å². The third kappa shape index (κ3) is 3.11. The molecule has 0 radical (unpaired) electrons. The van der Waals surface area contributed by atoms with Gasteiger partial charge in [-0.1, -0.05) is 0 Å². The maximum atomic E-state index is 12.2. The molecule has 0 spiro atoms. The molecule has 1 unspecified atom stereocenters. The van der Waals surface area contributed by atoms with E-state index in [-0.39, 0.29) is 0 Å². The van der Waals surface area contributed by atoms with Gasteiger partial charge in [-0.2, -0.15) is 0 Å². The molecule has 1 N–H and O–H groups in total. The summed E-state index contributed by atoms with van der Waals surface area (Å²) < 4.78 is 12.2. The predicted molar refractivity (Wildman–Crippen MR) is 51.3 cm³/mol. The van der Waals surface area contributed by atoms with Gasteiger partial charge in [0.15, 0.2) is 0 Å². The van der Waals surface area contributed by atoms with E-state index in [1.165, 1.54) is 0 Å². The molecular weight excluding hydrogens is 167 g/mol. The maximum Gasteiger partial charge on any atom is 0.131 e. The summed E-state index contributed by atoms with van der Waals surface area (Å²) in [4.78, 5) is 3.90. The highest BCUT2D eigenvalue weighted by Crippen LogP contribution is 2.05. The number of nitrogens with one attached hydrogen (secondary N) is 1. The van der Waals surface area contributed by atoms with Crippen LogP contribution in [0.25, 0.3) is 0 Å². The zero-order valence-electron chi connectivity index (χ0n) is 8.05. The molecule has 0 amide bonds. The topological polar surface area (TPSA) is 24.9 Å². The Balaban J connectivity index is 2.66. The van der Waals surface area contributed by atoms with Crippen LogP contribution in [-0.2, 0) is 13.1 Å². The van der Waals surface area contributed by atoms with Gasteiger partial charge in [-0.05, 0) is 38.1 Å². The van der Waals surface area contributed by atoms with Crippen molar-refractivity contribution in [1.82, 2.24) is 10.3 Å². The number of hydrogen-bond acceptors (Lipinski definition) is 2. The van der Waals surface area contributed by atoms with Crippen molar-refractivity contribution in [3.8, 4) is 0 Å². The lowest BCUT2D eigenvalue weighted by molar-refractivity contribution is 0.475. The molecule has 1 rings (SSSR count). The quantitative estimate of drug-likeness (QED) is 0.766. The fraction of sp³-hybridized carbons (Fsp3) is 0.500. The monoisotopic (exact) mass is 182 g/mol. The van der Waals surface area contributed by atoms with Gasteiger partial charge >= 0.3 is 0 Å². The first kappa shape index (κ1) is 10.1. The Morgan fingerprint density at radius 2 is 2.38 bits per heavy atom. The molecule has 0 aliphatic heterocycles. The Hall–Kier alpha value is -0.960. The minimum absolute atomic E-state index is 0.412. The fourth-order valence-electron chi connectivity index (χ4n) is 1.18.